The number of benzene rings is 1. The molecule has 0 unspecified atom stereocenters. The fourth-order valence-electron chi connectivity index (χ4n) is 1.64. The third kappa shape index (κ3) is 3.46. The van der Waals surface area contributed by atoms with Gasteiger partial charge in [-0.15, -0.1) is 0 Å². The van der Waals surface area contributed by atoms with Gasteiger partial charge in [0.1, 0.15) is 11.8 Å². The van der Waals surface area contributed by atoms with Crippen LogP contribution in [0.5, 0.6) is 5.75 Å². The Morgan fingerprint density at radius 3 is 2.58 bits per heavy atom. The molecule has 0 aliphatic heterocycles. The van der Waals surface area contributed by atoms with Gasteiger partial charge in [-0.3, -0.25) is 0 Å². The number of rotatable bonds is 4. The Balaban J connectivity index is 2.13. The summed E-state index contributed by atoms with van der Waals surface area (Å²) in [7, 11) is 0. The van der Waals surface area contributed by atoms with Crippen LogP contribution in [-0.2, 0) is 0 Å². The van der Waals surface area contributed by atoms with Gasteiger partial charge in [-0.1, -0.05) is 0 Å². The van der Waals surface area contributed by atoms with Gasteiger partial charge in [0.15, 0.2) is 5.69 Å². The molecule has 0 aliphatic rings. The maximum atomic E-state index is 8.97. The first-order valence-electron chi connectivity index (χ1n) is 6.08. The van der Waals surface area contributed by atoms with E-state index in [1.165, 1.54) is 0 Å². The molecular formula is C15H15N3O. The van der Waals surface area contributed by atoms with E-state index < -0.39 is 0 Å². The van der Waals surface area contributed by atoms with E-state index >= 15 is 0 Å². The quantitative estimate of drug-likeness (QED) is 0.906. The third-order valence-corrected chi connectivity index (χ3v) is 2.42. The molecule has 0 radical (unpaired) electrons. The zero-order valence-corrected chi connectivity index (χ0v) is 10.9. The fraction of sp³-hybridized carbons (Fsp3) is 0.200. The minimum atomic E-state index is 0.155. The molecule has 0 fully saturated rings. The van der Waals surface area contributed by atoms with Crippen molar-refractivity contribution in [3.05, 3.63) is 48.3 Å². The van der Waals surface area contributed by atoms with Crippen LogP contribution in [0.4, 0.5) is 11.4 Å². The second kappa shape index (κ2) is 5.87. The summed E-state index contributed by atoms with van der Waals surface area (Å²) in [6, 6.07) is 13.3. The maximum absolute atomic E-state index is 8.97. The van der Waals surface area contributed by atoms with Crippen LogP contribution in [0.15, 0.2) is 42.6 Å². The molecule has 1 N–H and O–H groups in total. The molecule has 4 heteroatoms. The first-order chi connectivity index (χ1) is 9.19. The van der Waals surface area contributed by atoms with Gasteiger partial charge in [0.2, 0.25) is 0 Å². The van der Waals surface area contributed by atoms with Crippen molar-refractivity contribution >= 4 is 11.4 Å². The van der Waals surface area contributed by atoms with Crippen molar-refractivity contribution in [1.82, 2.24) is 4.98 Å². The summed E-state index contributed by atoms with van der Waals surface area (Å²) in [5.41, 5.74) is 1.97. The molecule has 0 saturated heterocycles. The molecule has 0 atom stereocenters. The molecule has 4 nitrogen and oxygen atoms in total. The van der Waals surface area contributed by atoms with Crippen LogP contribution in [0.2, 0.25) is 0 Å². The van der Waals surface area contributed by atoms with Crippen molar-refractivity contribution in [3.8, 4) is 11.8 Å². The minimum absolute atomic E-state index is 0.155. The lowest BCUT2D eigenvalue weighted by Crippen LogP contribution is -2.05. The van der Waals surface area contributed by atoms with Crippen LogP contribution in [0, 0.1) is 11.3 Å². The van der Waals surface area contributed by atoms with Gasteiger partial charge in [0.05, 0.1) is 11.8 Å². The van der Waals surface area contributed by atoms with Gasteiger partial charge < -0.3 is 10.1 Å². The van der Waals surface area contributed by atoms with Gasteiger partial charge in [0, 0.05) is 11.9 Å². The number of anilines is 2. The van der Waals surface area contributed by atoms with Crippen molar-refractivity contribution < 1.29 is 4.74 Å². The van der Waals surface area contributed by atoms with E-state index in [9.17, 15) is 0 Å². The highest BCUT2D eigenvalue weighted by Crippen LogP contribution is 2.21. The van der Waals surface area contributed by atoms with Gasteiger partial charge in [-0.05, 0) is 50.2 Å². The Hall–Kier alpha value is -2.54. The highest BCUT2D eigenvalue weighted by atomic mass is 16.5. The number of hydrogen-bond acceptors (Lipinski definition) is 4. The normalized spacial score (nSPS) is 10.0. The molecule has 19 heavy (non-hydrogen) atoms. The molecule has 0 aliphatic carbocycles. The van der Waals surface area contributed by atoms with Crippen LogP contribution in [0.1, 0.15) is 19.5 Å². The SMILES string of the molecule is CC(C)Oc1ccc(Nc2cccnc2C#N)cc1. The highest BCUT2D eigenvalue weighted by Gasteiger charge is 2.03. The van der Waals surface area contributed by atoms with E-state index in [2.05, 4.69) is 16.4 Å². The van der Waals surface area contributed by atoms with Gasteiger partial charge in [-0.2, -0.15) is 5.26 Å². The standard InChI is InChI=1S/C15H15N3O/c1-11(2)19-13-7-5-12(6-8-13)18-14-4-3-9-17-15(14)10-16/h3-9,11,18H,1-2H3. The van der Waals surface area contributed by atoms with E-state index in [0.29, 0.717) is 11.4 Å². The topological polar surface area (TPSA) is 57.9 Å². The molecule has 96 valence electrons. The Labute approximate surface area is 112 Å². The summed E-state index contributed by atoms with van der Waals surface area (Å²) in [5, 5.41) is 12.1. The zero-order chi connectivity index (χ0) is 13.7. The number of ether oxygens (including phenoxy) is 1. The van der Waals surface area contributed by atoms with Crippen molar-refractivity contribution in [3.63, 3.8) is 0 Å². The average Bonchev–Trinajstić information content (AvgIpc) is 2.41. The summed E-state index contributed by atoms with van der Waals surface area (Å²) in [6.45, 7) is 3.97. The summed E-state index contributed by atoms with van der Waals surface area (Å²) in [6.07, 6.45) is 1.76. The van der Waals surface area contributed by atoms with Crippen molar-refractivity contribution in [2.75, 3.05) is 5.32 Å². The predicted molar refractivity (Wildman–Crippen MR) is 74.4 cm³/mol. The van der Waals surface area contributed by atoms with Gasteiger partial charge in [-0.25, -0.2) is 4.98 Å². The first-order valence-corrected chi connectivity index (χ1v) is 6.08. The van der Waals surface area contributed by atoms with Gasteiger partial charge >= 0.3 is 0 Å². The number of nitrogens with one attached hydrogen (secondary N) is 1. The van der Waals surface area contributed by atoms with Crippen molar-refractivity contribution in [2.45, 2.75) is 20.0 Å². The summed E-state index contributed by atoms with van der Waals surface area (Å²) < 4.78 is 5.57. The number of nitrogens with zero attached hydrogens (tertiary/aromatic N) is 2. The molecule has 1 heterocycles. The van der Waals surface area contributed by atoms with Crippen LogP contribution >= 0.6 is 0 Å². The number of hydrogen-bond donors (Lipinski definition) is 1. The summed E-state index contributed by atoms with van der Waals surface area (Å²) >= 11 is 0. The lowest BCUT2D eigenvalue weighted by Gasteiger charge is -2.11. The van der Waals surface area contributed by atoms with Gasteiger partial charge in [0.25, 0.3) is 0 Å². The van der Waals surface area contributed by atoms with Crippen LogP contribution in [0.3, 0.4) is 0 Å². The predicted octanol–water partition coefficient (Wildman–Crippen LogP) is 3.48. The number of pyridine rings is 1. The molecule has 1 aromatic carbocycles. The van der Waals surface area contributed by atoms with Crippen LogP contribution in [-0.4, -0.2) is 11.1 Å². The molecule has 0 saturated carbocycles. The Morgan fingerprint density at radius 2 is 1.95 bits per heavy atom. The monoisotopic (exact) mass is 253 g/mol. The largest absolute Gasteiger partial charge is 0.491 e. The second-order valence-electron chi connectivity index (χ2n) is 4.33. The zero-order valence-electron chi connectivity index (χ0n) is 10.9. The molecule has 2 aromatic rings. The molecule has 0 bridgehead atoms. The highest BCUT2D eigenvalue weighted by molar-refractivity contribution is 5.64. The molecule has 0 spiro atoms. The smallest absolute Gasteiger partial charge is 0.163 e. The van der Waals surface area contributed by atoms with E-state index in [0.717, 1.165) is 11.4 Å². The summed E-state index contributed by atoms with van der Waals surface area (Å²) in [5.74, 6) is 0.826. The van der Waals surface area contributed by atoms with Crippen LogP contribution < -0.4 is 10.1 Å². The minimum Gasteiger partial charge on any atom is -0.491 e. The van der Waals surface area contributed by atoms with E-state index in [1.54, 1.807) is 12.3 Å². The Bertz CT molecular complexity index is 585. The summed E-state index contributed by atoms with van der Waals surface area (Å²) in [4.78, 5) is 4.00. The average molecular weight is 253 g/mol. The molecular weight excluding hydrogens is 238 g/mol. The fourth-order valence-corrected chi connectivity index (χ4v) is 1.64. The second-order valence-corrected chi connectivity index (χ2v) is 4.33. The van der Waals surface area contributed by atoms with E-state index in [4.69, 9.17) is 10.00 Å². The van der Waals surface area contributed by atoms with E-state index in [1.807, 2.05) is 44.2 Å². The molecule has 0 amide bonds. The first kappa shape index (κ1) is 12.9. The Morgan fingerprint density at radius 1 is 1.21 bits per heavy atom. The van der Waals surface area contributed by atoms with E-state index in [-0.39, 0.29) is 6.10 Å². The number of nitriles is 1. The third-order valence-electron chi connectivity index (χ3n) is 2.42. The van der Waals surface area contributed by atoms with Crippen molar-refractivity contribution in [1.29, 1.82) is 5.26 Å². The lowest BCUT2D eigenvalue weighted by molar-refractivity contribution is 0.242. The molecule has 1 aromatic heterocycles. The molecule has 2 rings (SSSR count). The maximum Gasteiger partial charge on any atom is 0.163 e. The Kier molecular flexibility index (Phi) is 3.99. The lowest BCUT2D eigenvalue weighted by atomic mass is 10.2. The van der Waals surface area contributed by atoms with Crippen LogP contribution in [0.25, 0.3) is 0 Å². The van der Waals surface area contributed by atoms with Crippen molar-refractivity contribution in [2.24, 2.45) is 0 Å². The number of aromatic nitrogens is 1.